The van der Waals surface area contributed by atoms with Gasteiger partial charge in [0, 0.05) is 29.9 Å². The van der Waals surface area contributed by atoms with Crippen LogP contribution < -0.4 is 10.2 Å². The Kier molecular flexibility index (Phi) is 5.78. The van der Waals surface area contributed by atoms with E-state index in [2.05, 4.69) is 58.7 Å². The van der Waals surface area contributed by atoms with Gasteiger partial charge >= 0.3 is 0 Å². The SMILES string of the molecule is CCNC(=O)CN1C(=O)/C(=C\c2ccc3c(c2)C2CCCC2N3c2ccccc2)SC1=S. The lowest BCUT2D eigenvalue weighted by Gasteiger charge is -2.27. The standard InChI is InChI=1S/C25H25N3O2S2/c1-2-26-23(29)15-27-24(30)22(32-25(27)31)14-16-11-12-21-19(13-16)18-9-6-10-20(18)28(21)17-7-4-3-5-8-17/h3-5,7-8,11-14,18,20H,2,6,9-10,15H2,1H3,(H,26,29)/b22-14+. The molecule has 0 radical (unpaired) electrons. The highest BCUT2D eigenvalue weighted by Gasteiger charge is 2.42. The molecule has 2 aromatic carbocycles. The maximum Gasteiger partial charge on any atom is 0.266 e. The van der Waals surface area contributed by atoms with Crippen molar-refractivity contribution in [3.05, 3.63) is 64.6 Å². The maximum absolute atomic E-state index is 12.9. The molecule has 32 heavy (non-hydrogen) atoms. The Morgan fingerprint density at radius 3 is 2.81 bits per heavy atom. The summed E-state index contributed by atoms with van der Waals surface area (Å²) >= 11 is 6.63. The van der Waals surface area contributed by atoms with Crippen LogP contribution in [-0.4, -0.2) is 40.2 Å². The van der Waals surface area contributed by atoms with E-state index < -0.39 is 0 Å². The molecule has 2 amide bonds. The predicted molar refractivity (Wildman–Crippen MR) is 134 cm³/mol. The summed E-state index contributed by atoms with van der Waals surface area (Å²) < 4.78 is 0.430. The van der Waals surface area contributed by atoms with Crippen molar-refractivity contribution in [2.45, 2.75) is 38.1 Å². The largest absolute Gasteiger partial charge is 0.355 e. The van der Waals surface area contributed by atoms with E-state index in [0.29, 0.717) is 27.7 Å². The third-order valence-corrected chi connectivity index (χ3v) is 7.78. The third kappa shape index (κ3) is 3.73. The van der Waals surface area contributed by atoms with Crippen LogP contribution in [0.4, 0.5) is 11.4 Å². The molecule has 2 aliphatic heterocycles. The van der Waals surface area contributed by atoms with Crippen molar-refractivity contribution >= 4 is 57.6 Å². The van der Waals surface area contributed by atoms with Gasteiger partial charge in [-0.05, 0) is 61.2 Å². The molecule has 1 aliphatic carbocycles. The minimum absolute atomic E-state index is 0.0319. The number of nitrogens with one attached hydrogen (secondary N) is 1. The molecular formula is C25H25N3O2S2. The van der Waals surface area contributed by atoms with Crippen molar-refractivity contribution < 1.29 is 9.59 Å². The number of amides is 2. The molecule has 0 aromatic heterocycles. The van der Waals surface area contributed by atoms with Crippen LogP contribution in [0.2, 0.25) is 0 Å². The highest BCUT2D eigenvalue weighted by molar-refractivity contribution is 8.26. The van der Waals surface area contributed by atoms with Gasteiger partial charge in [0.1, 0.15) is 10.9 Å². The zero-order chi connectivity index (χ0) is 22.2. The number of rotatable bonds is 5. The summed E-state index contributed by atoms with van der Waals surface area (Å²) in [4.78, 5) is 29.3. The van der Waals surface area contributed by atoms with Gasteiger partial charge in [-0.1, -0.05) is 54.7 Å². The first-order valence-electron chi connectivity index (χ1n) is 11.1. The first-order chi connectivity index (χ1) is 15.6. The van der Waals surface area contributed by atoms with E-state index in [4.69, 9.17) is 12.2 Å². The zero-order valence-electron chi connectivity index (χ0n) is 17.9. The molecule has 164 valence electrons. The van der Waals surface area contributed by atoms with E-state index in [1.807, 2.05) is 13.0 Å². The first kappa shape index (κ1) is 21.2. The number of hydrogen-bond donors (Lipinski definition) is 1. The van der Waals surface area contributed by atoms with Crippen LogP contribution >= 0.6 is 24.0 Å². The molecule has 5 rings (SSSR count). The molecule has 3 aliphatic rings. The molecule has 2 heterocycles. The van der Waals surface area contributed by atoms with E-state index in [9.17, 15) is 9.59 Å². The minimum Gasteiger partial charge on any atom is -0.355 e. The molecular weight excluding hydrogens is 438 g/mol. The predicted octanol–water partition coefficient (Wildman–Crippen LogP) is 4.81. The highest BCUT2D eigenvalue weighted by Crippen LogP contribution is 2.52. The molecule has 2 atom stereocenters. The van der Waals surface area contributed by atoms with E-state index in [-0.39, 0.29) is 18.4 Å². The smallest absolute Gasteiger partial charge is 0.266 e. The Labute approximate surface area is 197 Å². The fourth-order valence-corrected chi connectivity index (χ4v) is 6.33. The van der Waals surface area contributed by atoms with Gasteiger partial charge in [0.05, 0.1) is 4.91 Å². The highest BCUT2D eigenvalue weighted by atomic mass is 32.2. The molecule has 2 aromatic rings. The van der Waals surface area contributed by atoms with E-state index >= 15 is 0 Å². The Balaban J connectivity index is 1.43. The molecule has 1 N–H and O–H groups in total. The van der Waals surface area contributed by atoms with Gasteiger partial charge in [-0.25, -0.2) is 0 Å². The molecule has 2 unspecified atom stereocenters. The topological polar surface area (TPSA) is 52.7 Å². The van der Waals surface area contributed by atoms with Crippen LogP contribution in [0.25, 0.3) is 6.08 Å². The summed E-state index contributed by atoms with van der Waals surface area (Å²) in [5.41, 5.74) is 4.87. The molecule has 7 heteroatoms. The van der Waals surface area contributed by atoms with Gasteiger partial charge in [0.15, 0.2) is 0 Å². The number of carbonyl (C=O) groups is 2. The quantitative estimate of drug-likeness (QED) is 0.509. The van der Waals surface area contributed by atoms with Gasteiger partial charge in [0.2, 0.25) is 5.91 Å². The molecule has 1 saturated carbocycles. The lowest BCUT2D eigenvalue weighted by atomic mass is 9.96. The second-order valence-electron chi connectivity index (χ2n) is 8.35. The van der Waals surface area contributed by atoms with Crippen molar-refractivity contribution in [1.29, 1.82) is 0 Å². The second-order valence-corrected chi connectivity index (χ2v) is 10.0. The van der Waals surface area contributed by atoms with Gasteiger partial charge in [-0.2, -0.15) is 0 Å². The van der Waals surface area contributed by atoms with Crippen molar-refractivity contribution in [2.75, 3.05) is 18.0 Å². The van der Waals surface area contributed by atoms with Gasteiger partial charge in [-0.15, -0.1) is 0 Å². The molecule has 5 nitrogen and oxygen atoms in total. The van der Waals surface area contributed by atoms with Crippen LogP contribution in [-0.2, 0) is 9.59 Å². The number of likely N-dealkylation sites (N-methyl/N-ethyl adjacent to an activating group) is 1. The van der Waals surface area contributed by atoms with Crippen molar-refractivity contribution in [2.24, 2.45) is 0 Å². The summed E-state index contributed by atoms with van der Waals surface area (Å²) in [5, 5.41) is 2.72. The van der Waals surface area contributed by atoms with E-state index in [0.717, 1.165) is 5.56 Å². The number of nitrogens with zero attached hydrogens (tertiary/aromatic N) is 2. The average molecular weight is 464 g/mol. The first-order valence-corrected chi connectivity index (χ1v) is 12.3. The third-order valence-electron chi connectivity index (χ3n) is 6.40. The number of thioether (sulfide) groups is 1. The van der Waals surface area contributed by atoms with Gasteiger partial charge in [0.25, 0.3) is 5.91 Å². The van der Waals surface area contributed by atoms with E-state index in [1.165, 1.54) is 52.9 Å². The van der Waals surface area contributed by atoms with Crippen LogP contribution in [0.1, 0.15) is 43.2 Å². The summed E-state index contributed by atoms with van der Waals surface area (Å²) in [7, 11) is 0. The number of para-hydroxylation sites is 1. The summed E-state index contributed by atoms with van der Waals surface area (Å²) in [5.74, 6) is 0.123. The van der Waals surface area contributed by atoms with Gasteiger partial charge in [-0.3, -0.25) is 14.5 Å². The summed E-state index contributed by atoms with van der Waals surface area (Å²) in [6.07, 6.45) is 5.54. The number of fused-ring (bicyclic) bond motifs is 3. The van der Waals surface area contributed by atoms with Crippen LogP contribution in [0, 0.1) is 0 Å². The second kappa shape index (κ2) is 8.71. The average Bonchev–Trinajstić information content (AvgIpc) is 3.44. The number of anilines is 2. The molecule has 2 fully saturated rings. The Morgan fingerprint density at radius 1 is 1.22 bits per heavy atom. The maximum atomic E-state index is 12.9. The lowest BCUT2D eigenvalue weighted by Crippen LogP contribution is -2.39. The summed E-state index contributed by atoms with van der Waals surface area (Å²) in [6, 6.07) is 17.6. The molecule has 1 saturated heterocycles. The van der Waals surface area contributed by atoms with Crippen molar-refractivity contribution in [3.63, 3.8) is 0 Å². The zero-order valence-corrected chi connectivity index (χ0v) is 19.5. The van der Waals surface area contributed by atoms with Crippen LogP contribution in [0.3, 0.4) is 0 Å². The Bertz CT molecular complexity index is 1120. The fourth-order valence-electron chi connectivity index (χ4n) is 5.07. The van der Waals surface area contributed by atoms with Crippen LogP contribution in [0.15, 0.2) is 53.4 Å². The number of benzene rings is 2. The lowest BCUT2D eigenvalue weighted by molar-refractivity contribution is -0.128. The van der Waals surface area contributed by atoms with E-state index in [1.54, 1.807) is 0 Å². The van der Waals surface area contributed by atoms with Crippen molar-refractivity contribution in [3.8, 4) is 0 Å². The number of thiocarbonyl (C=S) groups is 1. The van der Waals surface area contributed by atoms with Gasteiger partial charge < -0.3 is 10.2 Å². The Morgan fingerprint density at radius 2 is 2.03 bits per heavy atom. The Hall–Kier alpha value is -2.64. The minimum atomic E-state index is -0.198. The molecule has 0 spiro atoms. The monoisotopic (exact) mass is 463 g/mol. The summed E-state index contributed by atoms with van der Waals surface area (Å²) in [6.45, 7) is 2.35. The number of hydrogen-bond acceptors (Lipinski definition) is 5. The molecule has 0 bridgehead atoms. The normalized spacial score (nSPS) is 23.1. The van der Waals surface area contributed by atoms with Crippen LogP contribution in [0.5, 0.6) is 0 Å². The number of carbonyl (C=O) groups excluding carboxylic acids is 2. The fraction of sp³-hybridized carbons (Fsp3) is 0.320. The van der Waals surface area contributed by atoms with Crippen molar-refractivity contribution in [1.82, 2.24) is 10.2 Å².